The van der Waals surface area contributed by atoms with Gasteiger partial charge in [-0.05, 0) is 19.3 Å². The maximum atomic E-state index is 11.8. The molecule has 0 aliphatic carbocycles. The number of carbonyl (C=O) groups is 3. The molecule has 0 aliphatic rings. The number of rotatable bonds is 25. The zero-order chi connectivity index (χ0) is 25.1. The van der Waals surface area contributed by atoms with Gasteiger partial charge in [0.2, 0.25) is 0 Å². The number of hydrogen-bond donors (Lipinski definition) is 2. The Morgan fingerprint density at radius 2 is 0.914 bits per heavy atom. The van der Waals surface area contributed by atoms with Crippen molar-refractivity contribution < 1.29 is 27.2 Å². The van der Waals surface area contributed by atoms with Crippen LogP contribution in [0.25, 0.3) is 0 Å². The third kappa shape index (κ3) is 31.6. The summed E-state index contributed by atoms with van der Waals surface area (Å²) in [6.45, 7) is 2.26. The van der Waals surface area contributed by atoms with Gasteiger partial charge in [0.25, 0.3) is 5.91 Å². The molecule has 35 heavy (non-hydrogen) atoms. The molecule has 0 saturated heterocycles. The van der Waals surface area contributed by atoms with Crippen molar-refractivity contribution in [3.05, 3.63) is 0 Å². The molecule has 0 aromatic carbocycles. The van der Waals surface area contributed by atoms with E-state index in [4.69, 9.17) is 9.94 Å². The van der Waals surface area contributed by atoms with E-state index < -0.39 is 11.9 Å². The fourth-order valence-corrected chi connectivity index (χ4v) is 4.13. The van der Waals surface area contributed by atoms with Crippen LogP contribution >= 0.6 is 0 Å². The van der Waals surface area contributed by atoms with E-state index in [1.807, 2.05) is 0 Å². The van der Waals surface area contributed by atoms with E-state index in [2.05, 4.69) is 12.4 Å². The maximum absolute atomic E-state index is 11.8. The van der Waals surface area contributed by atoms with E-state index in [-0.39, 0.29) is 52.9 Å². The van der Waals surface area contributed by atoms with Gasteiger partial charge in [0, 0.05) is 19.3 Å². The molecule has 0 aliphatic heterocycles. The van der Waals surface area contributed by atoms with Gasteiger partial charge in [-0.25, -0.2) is 4.79 Å². The second-order valence-corrected chi connectivity index (χ2v) is 9.71. The number of nitrogens with one attached hydrogen (secondary N) is 1. The van der Waals surface area contributed by atoms with Gasteiger partial charge >= 0.3 is 49.7 Å². The first-order valence-corrected chi connectivity index (χ1v) is 14.3. The van der Waals surface area contributed by atoms with Crippen LogP contribution < -0.4 is 5.48 Å². The Morgan fingerprint density at radius 3 is 1.31 bits per heavy atom. The molecule has 0 aromatic rings. The molecule has 0 saturated carbocycles. The number of carbonyl (C=O) groups excluding carboxylic acids is 2. The first-order valence-electron chi connectivity index (χ1n) is 14.3. The molecule has 0 fully saturated rings. The fraction of sp³-hybridized carbons (Fsp3) is 0.893. The summed E-state index contributed by atoms with van der Waals surface area (Å²) in [5.41, 5.74) is 2.27. The Hall–Kier alpha value is -0.330. The van der Waals surface area contributed by atoms with E-state index >= 15 is 0 Å². The summed E-state index contributed by atoms with van der Waals surface area (Å²) >= 11 is 0. The first-order chi connectivity index (χ1) is 16.6. The van der Waals surface area contributed by atoms with Gasteiger partial charge in [0.1, 0.15) is 0 Å². The maximum Gasteiger partial charge on any atom is 2.00 e. The largest absolute Gasteiger partial charge is 2.00 e. The summed E-state index contributed by atoms with van der Waals surface area (Å²) in [6.07, 6.45) is 25.5. The van der Waals surface area contributed by atoms with Crippen LogP contribution in [-0.2, 0) is 19.2 Å². The number of hydroxylamine groups is 1. The minimum Gasteiger partial charge on any atom is -1.00 e. The van der Waals surface area contributed by atoms with Gasteiger partial charge in [0.15, 0.2) is 0 Å². The van der Waals surface area contributed by atoms with Gasteiger partial charge in [-0.15, -0.1) is 0 Å². The van der Waals surface area contributed by atoms with Crippen molar-refractivity contribution in [1.29, 1.82) is 0 Å². The minimum absolute atomic E-state index is 0. The summed E-state index contributed by atoms with van der Waals surface area (Å²) in [5, 5.41) is 8.57. The quantitative estimate of drug-likeness (QED) is 0.0718. The molecular weight excluding hydrogens is 470 g/mol. The van der Waals surface area contributed by atoms with E-state index in [1.54, 1.807) is 0 Å². The molecule has 0 atom stereocenters. The molecule has 0 aromatic heterocycles. The van der Waals surface area contributed by atoms with Gasteiger partial charge in [-0.2, -0.15) is 5.48 Å². The Balaban J connectivity index is -0.00000181. The monoisotopic (exact) mass is 525 g/mol. The molecule has 0 spiro atoms. The van der Waals surface area contributed by atoms with Gasteiger partial charge in [0.05, 0.1) is 0 Å². The Kier molecular flexibility index (Phi) is 31.5. The van der Waals surface area contributed by atoms with Crippen molar-refractivity contribution in [3.63, 3.8) is 0 Å². The minimum atomic E-state index is -0.746. The van der Waals surface area contributed by atoms with E-state index in [0.29, 0.717) is 19.3 Å². The summed E-state index contributed by atoms with van der Waals surface area (Å²) in [5.74, 6) is -1.36. The van der Waals surface area contributed by atoms with Gasteiger partial charge < -0.3 is 12.8 Å². The van der Waals surface area contributed by atoms with E-state index in [1.165, 1.54) is 83.5 Å². The number of aliphatic carboxylic acids is 1. The molecule has 0 radical (unpaired) electrons. The third-order valence-electron chi connectivity index (χ3n) is 6.31. The topological polar surface area (TPSA) is 92.7 Å². The summed E-state index contributed by atoms with van der Waals surface area (Å²) in [4.78, 5) is 38.7. The zero-order valence-corrected chi connectivity index (χ0v) is 25.0. The molecule has 0 bridgehead atoms. The van der Waals surface area contributed by atoms with Crippen LogP contribution in [0.5, 0.6) is 0 Å². The molecule has 0 rings (SSSR count). The average Bonchev–Trinajstić information content (AvgIpc) is 2.81. The van der Waals surface area contributed by atoms with E-state index in [9.17, 15) is 14.4 Å². The van der Waals surface area contributed by atoms with Crippen molar-refractivity contribution in [2.45, 2.75) is 161 Å². The zero-order valence-electron chi connectivity index (χ0n) is 24.8. The number of hydrogen-bond acceptors (Lipinski definition) is 4. The SMILES string of the molecule is CCCCCCCCCCCCCCCCCC(=O)NOC(=O)CCCCCCCCC(=O)O.[Ca+2].[H-].[H-]. The molecule has 7 heteroatoms. The van der Waals surface area contributed by atoms with Crippen molar-refractivity contribution in [2.75, 3.05) is 0 Å². The van der Waals surface area contributed by atoms with Crippen LogP contribution in [0, 0.1) is 0 Å². The second kappa shape index (κ2) is 29.9. The number of amides is 1. The number of carboxylic acid groups (broad SMARTS) is 1. The van der Waals surface area contributed by atoms with Crippen molar-refractivity contribution in [1.82, 2.24) is 5.48 Å². The van der Waals surface area contributed by atoms with Crippen molar-refractivity contribution in [3.8, 4) is 0 Å². The molecule has 1 amide bonds. The molecular formula is C28H55CaNO5. The van der Waals surface area contributed by atoms with E-state index in [0.717, 1.165) is 44.9 Å². The van der Waals surface area contributed by atoms with Gasteiger partial charge in [-0.1, -0.05) is 122 Å². The smallest absolute Gasteiger partial charge is 1.00 e. The second-order valence-electron chi connectivity index (χ2n) is 9.71. The van der Waals surface area contributed by atoms with Crippen LogP contribution in [0.15, 0.2) is 0 Å². The Bertz CT molecular complexity index is 513. The molecule has 204 valence electrons. The summed E-state index contributed by atoms with van der Waals surface area (Å²) in [6, 6.07) is 0. The van der Waals surface area contributed by atoms with Crippen LogP contribution in [0.1, 0.15) is 164 Å². The summed E-state index contributed by atoms with van der Waals surface area (Å²) in [7, 11) is 0. The average molecular weight is 526 g/mol. The van der Waals surface area contributed by atoms with Crippen LogP contribution in [0.4, 0.5) is 0 Å². The van der Waals surface area contributed by atoms with Crippen molar-refractivity contribution >= 4 is 55.6 Å². The van der Waals surface area contributed by atoms with Crippen LogP contribution in [-0.4, -0.2) is 60.7 Å². The van der Waals surface area contributed by atoms with Crippen LogP contribution in [0.3, 0.4) is 0 Å². The molecule has 0 unspecified atom stereocenters. The normalized spacial score (nSPS) is 10.5. The third-order valence-corrected chi connectivity index (χ3v) is 6.31. The molecule has 0 heterocycles. The first kappa shape index (κ1) is 36.8. The number of unbranched alkanes of at least 4 members (excludes halogenated alkanes) is 19. The predicted octanol–water partition coefficient (Wildman–Crippen LogP) is 7.87. The fourth-order valence-electron chi connectivity index (χ4n) is 4.13. The molecule has 6 nitrogen and oxygen atoms in total. The van der Waals surface area contributed by atoms with Crippen molar-refractivity contribution in [2.24, 2.45) is 0 Å². The predicted molar refractivity (Wildman–Crippen MR) is 146 cm³/mol. The van der Waals surface area contributed by atoms with Crippen LogP contribution in [0.2, 0.25) is 0 Å². The standard InChI is InChI=1S/C28H53NO5.Ca.2H/c1-2-3-4-5-6-7-8-9-10-11-12-13-14-17-20-23-26(30)29-34-28(33)25-22-19-16-15-18-21-24-27(31)32;;;/h2-25H2,1H3,(H,29,30)(H,31,32);;;/q;+2;2*-1. The Labute approximate surface area is 248 Å². The Morgan fingerprint density at radius 1 is 0.571 bits per heavy atom. The van der Waals surface area contributed by atoms with Gasteiger partial charge in [-0.3, -0.25) is 9.59 Å². The summed E-state index contributed by atoms with van der Waals surface area (Å²) < 4.78 is 0. The number of carboxylic acids is 1. The molecule has 2 N–H and O–H groups in total.